The molecule has 0 saturated carbocycles. The van der Waals surface area contributed by atoms with Gasteiger partial charge in [-0.1, -0.05) is 48.5 Å². The number of ether oxygens (including phenoxy) is 3. The van der Waals surface area contributed by atoms with E-state index < -0.39 is 47.5 Å². The Morgan fingerprint density at radius 2 is 0.978 bits per heavy atom. The number of fused-ring (bicyclic) bond motifs is 4. The Hall–Kier alpha value is -9.96. The lowest BCUT2D eigenvalue weighted by Crippen LogP contribution is -2.42. The number of benzene rings is 4. The summed E-state index contributed by atoms with van der Waals surface area (Å²) in [4.78, 5) is 113. The van der Waals surface area contributed by atoms with Gasteiger partial charge >= 0.3 is 23.3 Å². The van der Waals surface area contributed by atoms with Crippen LogP contribution >= 0.6 is 0 Å². The van der Waals surface area contributed by atoms with Crippen molar-refractivity contribution in [2.24, 2.45) is 0 Å². The molecule has 1 saturated heterocycles. The van der Waals surface area contributed by atoms with Crippen LogP contribution in [0.25, 0.3) is 55.1 Å². The van der Waals surface area contributed by atoms with Gasteiger partial charge in [-0.15, -0.1) is 0 Å². The molecule has 4 N–H and O–H groups in total. The number of unbranched alkanes of at least 4 members (excludes halogenated alkanes) is 4. The minimum atomic E-state index is -1.33. The predicted octanol–water partition coefficient (Wildman–Crippen LogP) is 8.21. The van der Waals surface area contributed by atoms with Gasteiger partial charge in [0.05, 0.1) is 70.7 Å². The smallest absolute Gasteiger partial charge is 0.329 e. The molecule has 21 heteroatoms. The zero-order valence-electron chi connectivity index (χ0n) is 49.5. The first-order chi connectivity index (χ1) is 43.1. The fourth-order valence-corrected chi connectivity index (χ4v) is 12.1. The van der Waals surface area contributed by atoms with E-state index in [4.69, 9.17) is 14.2 Å². The molecule has 7 heterocycles. The summed E-state index contributed by atoms with van der Waals surface area (Å²) in [5, 5.41) is 18.6. The van der Waals surface area contributed by atoms with Crippen molar-refractivity contribution >= 4 is 56.3 Å². The number of carbonyl (C=O) groups is 4. The molecule has 1 aliphatic heterocycles. The van der Waals surface area contributed by atoms with E-state index in [-0.39, 0.29) is 44.5 Å². The number of aromatic nitrogens is 6. The molecule has 0 spiro atoms. The van der Waals surface area contributed by atoms with E-state index >= 15 is 0 Å². The molecule has 458 valence electrons. The van der Waals surface area contributed by atoms with Crippen LogP contribution in [0.5, 0.6) is 11.5 Å². The highest BCUT2D eigenvalue weighted by Gasteiger charge is 2.26. The van der Waals surface area contributed by atoms with E-state index in [1.807, 2.05) is 120 Å². The van der Waals surface area contributed by atoms with Gasteiger partial charge in [-0.25, -0.2) is 18.7 Å². The average molecular weight is 1210 g/mol. The lowest BCUT2D eigenvalue weighted by molar-refractivity contribution is -0.138. The van der Waals surface area contributed by atoms with Gasteiger partial charge in [0.2, 0.25) is 11.6 Å². The Morgan fingerprint density at radius 1 is 0.539 bits per heavy atom. The Labute approximate surface area is 509 Å². The quantitative estimate of drug-likeness (QED) is 0.0279. The number of carbonyl (C=O) groups excluding carboxylic acids is 2. The van der Waals surface area contributed by atoms with Gasteiger partial charge < -0.3 is 48.1 Å². The van der Waals surface area contributed by atoms with Crippen molar-refractivity contribution in [1.29, 1.82) is 0 Å². The van der Waals surface area contributed by atoms with Crippen molar-refractivity contribution < 1.29 is 43.6 Å². The van der Waals surface area contributed by atoms with Crippen LogP contribution in [-0.4, -0.2) is 137 Å². The van der Waals surface area contributed by atoms with Crippen LogP contribution in [0.3, 0.4) is 0 Å². The highest BCUT2D eigenvalue weighted by atomic mass is 16.5. The van der Waals surface area contributed by atoms with Gasteiger partial charge in [0.1, 0.15) is 24.6 Å². The lowest BCUT2D eigenvalue weighted by atomic mass is 9.98. The van der Waals surface area contributed by atoms with Crippen molar-refractivity contribution in [3.05, 3.63) is 209 Å². The number of morpholine rings is 1. The normalized spacial score (nSPS) is 12.8. The minimum Gasteiger partial charge on any atom is -0.494 e. The van der Waals surface area contributed by atoms with Gasteiger partial charge in [0, 0.05) is 60.8 Å². The van der Waals surface area contributed by atoms with E-state index in [1.165, 1.54) is 36.4 Å². The zero-order valence-corrected chi connectivity index (χ0v) is 49.5. The second-order valence-electron chi connectivity index (χ2n) is 22.4. The summed E-state index contributed by atoms with van der Waals surface area (Å²) in [6, 6.07) is 36.0. The minimum absolute atomic E-state index is 0.0930. The molecule has 4 aromatic carbocycles. The van der Waals surface area contributed by atoms with Crippen LogP contribution < -0.4 is 32.0 Å². The van der Waals surface area contributed by atoms with Crippen LogP contribution in [-0.2, 0) is 27.4 Å². The third-order valence-electron chi connectivity index (χ3n) is 16.6. The first kappa shape index (κ1) is 60.7. The van der Waals surface area contributed by atoms with Crippen molar-refractivity contribution in [3.63, 3.8) is 0 Å². The number of pyridine rings is 2. The second kappa shape index (κ2) is 27.0. The summed E-state index contributed by atoms with van der Waals surface area (Å²) < 4.78 is 23.0. The molecule has 6 aromatic heterocycles. The number of rotatable bonds is 27. The van der Waals surface area contributed by atoms with Gasteiger partial charge in [0.15, 0.2) is 0 Å². The van der Waals surface area contributed by atoms with Crippen LogP contribution in [0.15, 0.2) is 153 Å². The molecule has 11 rings (SSSR count). The fraction of sp³-hybridized carbons (Fsp3) is 0.294. The maximum Gasteiger partial charge on any atom is 0.329 e. The molecule has 1 aliphatic rings. The highest BCUT2D eigenvalue weighted by molar-refractivity contribution is 6.14. The molecule has 1 fully saturated rings. The SMILES string of the molecule is Cc1c(-c2ccc(OCCCCCN(CCCCCOc3ccc(-c4c(C)c(C(=O)c5ccc6c(=O)n(CC(=O)O)c(=O)[nH]c6c5)n5ccccc45)cc3)CCN3CCOCC3)cc2)c2ccccn2c1C(=O)c1ccc2c(=O)n(CC(=O)O)c(=O)[nH]c2c1. The molecular formula is C68H68N8O13. The Bertz CT molecular complexity index is 4290. The van der Waals surface area contributed by atoms with E-state index in [1.54, 1.807) is 0 Å². The molecule has 21 nitrogen and oxygen atoms in total. The number of hydrogen-bond acceptors (Lipinski definition) is 13. The number of ketones is 2. The van der Waals surface area contributed by atoms with Crippen LogP contribution in [0.1, 0.15) is 81.8 Å². The Morgan fingerprint density at radius 3 is 1.40 bits per heavy atom. The molecule has 0 bridgehead atoms. The van der Waals surface area contributed by atoms with Crippen molar-refractivity contribution in [2.45, 2.75) is 65.5 Å². The monoisotopic (exact) mass is 1200 g/mol. The standard InChI is InChI=1S/C68H68N8O13/c1-43-59(55-13-5-9-29-73(55)61(43)63(81)47-19-25-51-53(39-47)69-67(85)75(65(51)83)41-57(77)78)45-15-21-49(22-16-45)88-35-11-3-7-27-71(31-32-72-33-37-87-38-34-72)28-8-4-12-36-89-50-23-17-46(18-24-50)60-44(2)62(74-30-10-6-14-56(60)74)64(82)48-20-26-52-54(40-48)70-68(86)76(66(52)84)42-58(79)80/h5-6,9-10,13-26,29-30,39-40H,3-4,7-8,11-12,27-28,31-38,41-42H2,1-2H3,(H,69,85)(H,70,86)(H,77,78)(H,79,80). The predicted molar refractivity (Wildman–Crippen MR) is 337 cm³/mol. The van der Waals surface area contributed by atoms with Crippen LogP contribution in [0.4, 0.5) is 0 Å². The van der Waals surface area contributed by atoms with Gasteiger partial charge in [-0.05, 0) is 161 Å². The number of hydrogen-bond donors (Lipinski definition) is 4. The van der Waals surface area contributed by atoms with E-state index in [0.717, 1.165) is 147 Å². The third kappa shape index (κ3) is 13.2. The summed E-state index contributed by atoms with van der Waals surface area (Å²) in [6.07, 6.45) is 9.58. The van der Waals surface area contributed by atoms with E-state index in [9.17, 15) is 48.6 Å². The number of nitrogens with zero attached hydrogens (tertiary/aromatic N) is 6. The largest absolute Gasteiger partial charge is 0.494 e. The summed E-state index contributed by atoms with van der Waals surface area (Å²) in [6.45, 7) is 10.8. The molecule has 89 heavy (non-hydrogen) atoms. The molecule has 0 amide bonds. The summed E-state index contributed by atoms with van der Waals surface area (Å²) >= 11 is 0. The molecule has 0 aliphatic carbocycles. The van der Waals surface area contributed by atoms with Gasteiger partial charge in [-0.2, -0.15) is 0 Å². The van der Waals surface area contributed by atoms with Crippen molar-refractivity contribution in [1.82, 2.24) is 37.7 Å². The van der Waals surface area contributed by atoms with Crippen LogP contribution in [0, 0.1) is 13.8 Å². The maximum atomic E-state index is 14.3. The van der Waals surface area contributed by atoms with Crippen molar-refractivity contribution in [3.8, 4) is 33.8 Å². The highest BCUT2D eigenvalue weighted by Crippen LogP contribution is 2.37. The van der Waals surface area contributed by atoms with Gasteiger partial charge in [-0.3, -0.25) is 33.7 Å². The molecule has 0 atom stereocenters. The molecule has 10 aromatic rings. The zero-order chi connectivity index (χ0) is 62.3. The molecule has 0 radical (unpaired) electrons. The number of carboxylic acids is 2. The molecular weight excluding hydrogens is 1140 g/mol. The first-order valence-electron chi connectivity index (χ1n) is 29.9. The Kier molecular flexibility index (Phi) is 18.4. The summed E-state index contributed by atoms with van der Waals surface area (Å²) in [5.74, 6) is -1.77. The van der Waals surface area contributed by atoms with E-state index in [2.05, 4.69) is 19.8 Å². The number of aromatic amines is 2. The second-order valence-corrected chi connectivity index (χ2v) is 22.4. The average Bonchev–Trinajstić information content (AvgIpc) is 1.70. The lowest BCUT2D eigenvalue weighted by Gasteiger charge is -2.30. The van der Waals surface area contributed by atoms with Crippen molar-refractivity contribution in [2.75, 3.05) is 65.7 Å². The third-order valence-corrected chi connectivity index (χ3v) is 16.6. The fourth-order valence-electron chi connectivity index (χ4n) is 12.1. The maximum absolute atomic E-state index is 14.3. The van der Waals surface area contributed by atoms with E-state index in [0.29, 0.717) is 33.7 Å². The Balaban J connectivity index is 0.655. The number of nitrogens with one attached hydrogen (secondary N) is 2. The van der Waals surface area contributed by atoms with Gasteiger partial charge in [0.25, 0.3) is 11.1 Å². The summed E-state index contributed by atoms with van der Waals surface area (Å²) in [7, 11) is 0. The summed E-state index contributed by atoms with van der Waals surface area (Å²) in [5.41, 5.74) is 5.15. The number of carboxylic acid groups (broad SMARTS) is 2. The van der Waals surface area contributed by atoms with Crippen LogP contribution in [0.2, 0.25) is 0 Å². The topological polar surface area (TPSA) is 261 Å². The first-order valence-corrected chi connectivity index (χ1v) is 29.9. The number of H-pyrrole nitrogens is 2. The molecule has 0 unspecified atom stereocenters. The number of aliphatic carboxylic acids is 2.